The van der Waals surface area contributed by atoms with E-state index in [9.17, 15) is 0 Å². The Morgan fingerprint density at radius 1 is 1.29 bits per heavy atom. The summed E-state index contributed by atoms with van der Waals surface area (Å²) in [6.07, 6.45) is 5.97. The minimum absolute atomic E-state index is 0.460. The third-order valence-electron chi connectivity index (χ3n) is 3.25. The van der Waals surface area contributed by atoms with Gasteiger partial charge in [-0.3, -0.25) is 0 Å². The lowest BCUT2D eigenvalue weighted by Crippen LogP contribution is -2.31. The maximum Gasteiger partial charge on any atom is 0.114 e. The number of nitrogens with one attached hydrogen (secondary N) is 1. The van der Waals surface area contributed by atoms with Crippen molar-refractivity contribution in [3.05, 3.63) is 42.0 Å². The first-order valence-electron chi connectivity index (χ1n) is 6.66. The van der Waals surface area contributed by atoms with E-state index in [4.69, 9.17) is 4.74 Å². The first-order chi connectivity index (χ1) is 8.40. The largest absolute Gasteiger partial charge is 0.370 e. The van der Waals surface area contributed by atoms with Gasteiger partial charge in [-0.05, 0) is 18.4 Å². The third kappa shape index (κ3) is 3.83. The predicted octanol–water partition coefficient (Wildman–Crippen LogP) is 3.29. The van der Waals surface area contributed by atoms with Gasteiger partial charge < -0.3 is 10.1 Å². The maximum absolute atomic E-state index is 5.71. The van der Waals surface area contributed by atoms with Crippen molar-refractivity contribution in [2.75, 3.05) is 6.61 Å². The Morgan fingerprint density at radius 3 is 2.88 bits per heavy atom. The summed E-state index contributed by atoms with van der Waals surface area (Å²) in [7, 11) is 0. The van der Waals surface area contributed by atoms with E-state index in [0.717, 1.165) is 26.0 Å². The number of unbranched alkanes of at least 4 members (excludes halogenated alkanes) is 1. The van der Waals surface area contributed by atoms with E-state index >= 15 is 0 Å². The van der Waals surface area contributed by atoms with Crippen LogP contribution in [0.15, 0.2) is 30.3 Å². The van der Waals surface area contributed by atoms with Crippen LogP contribution < -0.4 is 5.32 Å². The van der Waals surface area contributed by atoms with Crippen LogP contribution in [0.25, 0.3) is 0 Å². The fraction of sp³-hybridized carbons (Fsp3) is 0.533. The summed E-state index contributed by atoms with van der Waals surface area (Å²) in [5, 5.41) is 3.59. The number of benzene rings is 1. The summed E-state index contributed by atoms with van der Waals surface area (Å²) in [5.41, 5.74) is 1.34. The lowest BCUT2D eigenvalue weighted by Gasteiger charge is -2.18. The highest BCUT2D eigenvalue weighted by Crippen LogP contribution is 2.26. The van der Waals surface area contributed by atoms with Crippen LogP contribution in [-0.4, -0.2) is 12.6 Å². The lowest BCUT2D eigenvalue weighted by atomic mass is 10.0. The molecule has 0 saturated carbocycles. The molecule has 1 aliphatic heterocycles. The molecule has 17 heavy (non-hydrogen) atoms. The molecule has 1 radical (unpaired) electrons. The van der Waals surface area contributed by atoms with Gasteiger partial charge in [-0.1, -0.05) is 50.1 Å². The summed E-state index contributed by atoms with van der Waals surface area (Å²) >= 11 is 0. The molecular formula is C15H22NO. The average molecular weight is 232 g/mol. The van der Waals surface area contributed by atoms with Crippen LogP contribution in [-0.2, 0) is 11.3 Å². The van der Waals surface area contributed by atoms with E-state index in [-0.39, 0.29) is 0 Å². The molecule has 1 aromatic rings. The highest BCUT2D eigenvalue weighted by Gasteiger charge is 2.28. The molecule has 1 aromatic carbocycles. The minimum Gasteiger partial charge on any atom is -0.370 e. The summed E-state index contributed by atoms with van der Waals surface area (Å²) in [5.74, 6) is 0. The van der Waals surface area contributed by atoms with E-state index in [0.29, 0.717) is 6.04 Å². The minimum atomic E-state index is 0.460. The molecule has 1 N–H and O–H groups in total. The molecular weight excluding hydrogens is 210 g/mol. The van der Waals surface area contributed by atoms with E-state index in [1.165, 1.54) is 24.5 Å². The Balaban J connectivity index is 1.78. The second-order valence-corrected chi connectivity index (χ2v) is 4.63. The third-order valence-corrected chi connectivity index (χ3v) is 3.25. The van der Waals surface area contributed by atoms with Gasteiger partial charge in [-0.15, -0.1) is 0 Å². The van der Waals surface area contributed by atoms with E-state index < -0.39 is 0 Å². The highest BCUT2D eigenvalue weighted by atomic mass is 16.5. The van der Waals surface area contributed by atoms with Crippen LogP contribution in [0.3, 0.4) is 0 Å². The maximum atomic E-state index is 5.71. The smallest absolute Gasteiger partial charge is 0.114 e. The van der Waals surface area contributed by atoms with Crippen molar-refractivity contribution < 1.29 is 4.74 Å². The SMILES string of the molecule is CCCC[C]1OCCC1NCc1ccccc1. The number of hydrogen-bond donors (Lipinski definition) is 1. The van der Waals surface area contributed by atoms with Crippen molar-refractivity contribution in [1.82, 2.24) is 5.32 Å². The fourth-order valence-electron chi connectivity index (χ4n) is 2.22. The fourth-order valence-corrected chi connectivity index (χ4v) is 2.22. The lowest BCUT2D eigenvalue weighted by molar-refractivity contribution is 0.178. The second-order valence-electron chi connectivity index (χ2n) is 4.63. The quantitative estimate of drug-likeness (QED) is 0.812. The van der Waals surface area contributed by atoms with Gasteiger partial charge in [0.05, 0.1) is 0 Å². The van der Waals surface area contributed by atoms with E-state index in [1.807, 2.05) is 0 Å². The summed E-state index contributed by atoms with van der Waals surface area (Å²) in [6, 6.07) is 11.0. The zero-order valence-corrected chi connectivity index (χ0v) is 10.6. The van der Waals surface area contributed by atoms with Crippen LogP contribution in [0.5, 0.6) is 0 Å². The van der Waals surface area contributed by atoms with Crippen molar-refractivity contribution in [2.24, 2.45) is 0 Å². The van der Waals surface area contributed by atoms with E-state index in [2.05, 4.69) is 42.6 Å². The summed E-state index contributed by atoms with van der Waals surface area (Å²) < 4.78 is 5.71. The molecule has 0 amide bonds. The summed E-state index contributed by atoms with van der Waals surface area (Å²) in [6.45, 7) is 4.04. The molecule has 2 rings (SSSR count). The van der Waals surface area contributed by atoms with Crippen molar-refractivity contribution in [3.8, 4) is 0 Å². The molecule has 1 heterocycles. The van der Waals surface area contributed by atoms with Gasteiger partial charge in [0.15, 0.2) is 0 Å². The van der Waals surface area contributed by atoms with Crippen LogP contribution in [0.2, 0.25) is 0 Å². The molecule has 1 fully saturated rings. The molecule has 0 bridgehead atoms. The second kappa shape index (κ2) is 6.77. The molecule has 1 aliphatic rings. The van der Waals surface area contributed by atoms with Gasteiger partial charge in [-0.25, -0.2) is 0 Å². The molecule has 2 nitrogen and oxygen atoms in total. The Bertz CT molecular complexity index is 312. The summed E-state index contributed by atoms with van der Waals surface area (Å²) in [4.78, 5) is 0. The van der Waals surface area contributed by atoms with Gasteiger partial charge in [0, 0.05) is 19.2 Å². The van der Waals surface area contributed by atoms with Crippen molar-refractivity contribution >= 4 is 0 Å². The zero-order chi connectivity index (χ0) is 11.9. The normalized spacial score (nSPS) is 20.9. The van der Waals surface area contributed by atoms with Gasteiger partial charge >= 0.3 is 0 Å². The van der Waals surface area contributed by atoms with Crippen LogP contribution >= 0.6 is 0 Å². The van der Waals surface area contributed by atoms with Crippen LogP contribution in [0, 0.1) is 6.10 Å². The van der Waals surface area contributed by atoms with Gasteiger partial charge in [0.2, 0.25) is 0 Å². The molecule has 0 spiro atoms. The molecule has 1 atom stereocenters. The van der Waals surface area contributed by atoms with Gasteiger partial charge in [0.1, 0.15) is 6.10 Å². The Kier molecular flexibility index (Phi) is 5.02. The van der Waals surface area contributed by atoms with E-state index in [1.54, 1.807) is 0 Å². The predicted molar refractivity (Wildman–Crippen MR) is 70.4 cm³/mol. The van der Waals surface area contributed by atoms with Gasteiger partial charge in [0.25, 0.3) is 0 Å². The van der Waals surface area contributed by atoms with Crippen molar-refractivity contribution in [2.45, 2.75) is 45.2 Å². The Morgan fingerprint density at radius 2 is 2.12 bits per heavy atom. The molecule has 1 unspecified atom stereocenters. The van der Waals surface area contributed by atoms with Crippen LogP contribution in [0.1, 0.15) is 38.2 Å². The number of ether oxygens (including phenoxy) is 1. The first kappa shape index (κ1) is 12.6. The van der Waals surface area contributed by atoms with Crippen LogP contribution in [0.4, 0.5) is 0 Å². The Hall–Kier alpha value is -0.860. The monoisotopic (exact) mass is 232 g/mol. The molecule has 2 heteroatoms. The average Bonchev–Trinajstić information content (AvgIpc) is 2.82. The standard InChI is InChI=1S/C15H22NO/c1-2-3-9-15-14(10-11-17-15)16-12-13-7-5-4-6-8-13/h4-8,14,16H,2-3,9-12H2,1H3. The molecule has 0 aliphatic carbocycles. The molecule has 0 aromatic heterocycles. The van der Waals surface area contributed by atoms with Crippen molar-refractivity contribution in [3.63, 3.8) is 0 Å². The number of hydrogen-bond acceptors (Lipinski definition) is 2. The zero-order valence-electron chi connectivity index (χ0n) is 10.6. The molecule has 93 valence electrons. The molecule has 1 saturated heterocycles. The topological polar surface area (TPSA) is 21.3 Å². The first-order valence-corrected chi connectivity index (χ1v) is 6.66. The number of rotatable bonds is 6. The highest BCUT2D eigenvalue weighted by molar-refractivity contribution is 5.14. The Labute approximate surface area is 104 Å². The van der Waals surface area contributed by atoms with Crippen molar-refractivity contribution in [1.29, 1.82) is 0 Å². The van der Waals surface area contributed by atoms with Gasteiger partial charge in [-0.2, -0.15) is 0 Å².